The van der Waals surface area contributed by atoms with Gasteiger partial charge in [0.05, 0.1) is 19.3 Å². The maximum Gasteiger partial charge on any atom is 0.435 e. The fourth-order valence-electron chi connectivity index (χ4n) is 7.27. The Hall–Kier alpha value is -1.21. The zero-order valence-electron chi connectivity index (χ0n) is 21.8. The van der Waals surface area contributed by atoms with Crippen LogP contribution in [-0.2, 0) is 15.9 Å². The summed E-state index contributed by atoms with van der Waals surface area (Å²) in [5.41, 5.74) is -3.86. The molecular formula is C27H32BrF9O3. The van der Waals surface area contributed by atoms with E-state index in [-0.39, 0.29) is 18.1 Å². The predicted molar refractivity (Wildman–Crippen MR) is 132 cm³/mol. The van der Waals surface area contributed by atoms with Crippen molar-refractivity contribution >= 4 is 15.9 Å². The quantitative estimate of drug-likeness (QED) is 0.152. The Balaban J connectivity index is 1.36. The van der Waals surface area contributed by atoms with Crippen molar-refractivity contribution in [2.24, 2.45) is 17.3 Å². The highest BCUT2D eigenvalue weighted by Gasteiger charge is 2.85. The predicted octanol–water partition coefficient (Wildman–Crippen LogP) is 8.53. The molecule has 40 heavy (non-hydrogen) atoms. The molecule has 0 aliphatic heterocycles. The van der Waals surface area contributed by atoms with Gasteiger partial charge in [-0.05, 0) is 91.4 Å². The van der Waals surface area contributed by atoms with E-state index in [1.54, 1.807) is 0 Å². The average Bonchev–Trinajstić information content (AvgIpc) is 3.18. The lowest BCUT2D eigenvalue weighted by atomic mass is 9.55. The molecule has 5 atom stereocenters. The highest BCUT2D eigenvalue weighted by Crippen LogP contribution is 2.62. The van der Waals surface area contributed by atoms with Crippen LogP contribution in [-0.4, -0.2) is 55.4 Å². The number of alkyl halides is 10. The van der Waals surface area contributed by atoms with Gasteiger partial charge in [-0.15, -0.1) is 0 Å². The van der Waals surface area contributed by atoms with Crippen LogP contribution in [0.3, 0.4) is 0 Å². The summed E-state index contributed by atoms with van der Waals surface area (Å²) in [4.78, 5) is 0. The van der Waals surface area contributed by atoms with E-state index in [1.165, 1.54) is 11.1 Å². The van der Waals surface area contributed by atoms with E-state index < -0.39 is 37.2 Å². The van der Waals surface area contributed by atoms with E-state index >= 15 is 0 Å². The van der Waals surface area contributed by atoms with Gasteiger partial charge < -0.3 is 14.2 Å². The molecule has 0 N–H and O–H groups in total. The van der Waals surface area contributed by atoms with Crippen molar-refractivity contribution in [2.75, 3.05) is 25.2 Å². The molecule has 0 heterocycles. The summed E-state index contributed by atoms with van der Waals surface area (Å²) in [6, 6.07) is 6.24. The molecular weight excluding hydrogens is 623 g/mol. The molecule has 3 unspecified atom stereocenters. The maximum absolute atomic E-state index is 13.1. The standard InChI is InChI=1S/C27H32BrF9O3/c1-23-10-9-19-18-6-4-17(38-14-11-28)15-16(18)3-5-20(19)21(23)7-8-22(23)39-12-2-13-40-24(25(29,30)31,26(32,33)34)27(35,36)37/h4,6,15,19-22H,2-3,5,7-14H2,1H3/t19?,20?,21?,22-,23-/m0/s1. The molecule has 3 aliphatic carbocycles. The third-order valence-electron chi connectivity index (χ3n) is 9.08. The number of hydrogen-bond donors (Lipinski definition) is 0. The topological polar surface area (TPSA) is 27.7 Å². The van der Waals surface area contributed by atoms with Gasteiger partial charge >= 0.3 is 24.1 Å². The first-order valence-corrected chi connectivity index (χ1v) is 14.5. The summed E-state index contributed by atoms with van der Waals surface area (Å²) in [5.74, 6) is 1.98. The molecule has 0 saturated heterocycles. The third kappa shape index (κ3) is 5.59. The van der Waals surface area contributed by atoms with Gasteiger partial charge in [-0.2, -0.15) is 39.5 Å². The van der Waals surface area contributed by atoms with Crippen LogP contribution in [0.1, 0.15) is 62.5 Å². The summed E-state index contributed by atoms with van der Waals surface area (Å²) in [6.07, 6.45) is -15.8. The third-order valence-corrected chi connectivity index (χ3v) is 9.40. The molecule has 0 spiro atoms. The van der Waals surface area contributed by atoms with E-state index in [0.29, 0.717) is 30.8 Å². The SMILES string of the molecule is C[C@]12CCC3c4ccc(OCCBr)cc4CCC3C1CC[C@@H]2OCCCOC(C(F)(F)F)(C(F)(F)F)C(F)(F)F. The molecule has 3 nitrogen and oxygen atoms in total. The maximum atomic E-state index is 13.1. The number of aryl methyl sites for hydroxylation is 1. The summed E-state index contributed by atoms with van der Waals surface area (Å²) >= 11 is 3.35. The van der Waals surface area contributed by atoms with Gasteiger partial charge in [0.25, 0.3) is 0 Å². The fraction of sp³-hybridized carbons (Fsp3) is 0.778. The normalized spacial score (nSPS) is 29.1. The Kier molecular flexibility index (Phi) is 9.09. The van der Waals surface area contributed by atoms with Gasteiger partial charge in [0.15, 0.2) is 0 Å². The Bertz CT molecular complexity index is 990. The molecule has 4 rings (SSSR count). The van der Waals surface area contributed by atoms with Crippen molar-refractivity contribution < 1.29 is 53.7 Å². The zero-order valence-corrected chi connectivity index (χ0v) is 23.4. The van der Waals surface area contributed by atoms with Crippen molar-refractivity contribution in [3.05, 3.63) is 29.3 Å². The fourth-order valence-corrected chi connectivity index (χ4v) is 7.43. The van der Waals surface area contributed by atoms with Crippen LogP contribution >= 0.6 is 15.9 Å². The summed E-state index contributed by atoms with van der Waals surface area (Å²) in [7, 11) is 0. The lowest BCUT2D eigenvalue weighted by Crippen LogP contribution is -2.67. The van der Waals surface area contributed by atoms with Crippen LogP contribution in [0.4, 0.5) is 39.5 Å². The number of halogens is 10. The Morgan fingerprint density at radius 3 is 2.17 bits per heavy atom. The van der Waals surface area contributed by atoms with E-state index in [2.05, 4.69) is 39.7 Å². The first-order valence-electron chi connectivity index (χ1n) is 13.3. The van der Waals surface area contributed by atoms with Crippen LogP contribution in [0, 0.1) is 17.3 Å². The van der Waals surface area contributed by atoms with E-state index in [1.807, 2.05) is 6.07 Å². The number of fused-ring (bicyclic) bond motifs is 5. The van der Waals surface area contributed by atoms with Crippen LogP contribution in [0.5, 0.6) is 5.75 Å². The number of rotatable bonds is 9. The second-order valence-corrected chi connectivity index (χ2v) is 12.0. The molecule has 1 aromatic carbocycles. The molecule has 228 valence electrons. The van der Waals surface area contributed by atoms with Gasteiger partial charge in [-0.25, -0.2) is 0 Å². The molecule has 2 saturated carbocycles. The Morgan fingerprint density at radius 1 is 0.875 bits per heavy atom. The van der Waals surface area contributed by atoms with Gasteiger partial charge in [0, 0.05) is 11.9 Å². The first-order chi connectivity index (χ1) is 18.6. The van der Waals surface area contributed by atoms with Gasteiger partial charge in [-0.1, -0.05) is 28.9 Å². The number of benzene rings is 1. The van der Waals surface area contributed by atoms with Gasteiger partial charge in [0.2, 0.25) is 0 Å². The Labute approximate surface area is 235 Å². The molecule has 13 heteroatoms. The smallest absolute Gasteiger partial charge is 0.435 e. The molecule has 3 aliphatic rings. The minimum Gasteiger partial charge on any atom is -0.493 e. The molecule has 1 aromatic rings. The number of hydrogen-bond acceptors (Lipinski definition) is 3. The second kappa shape index (κ2) is 11.5. The molecule has 0 aromatic heterocycles. The van der Waals surface area contributed by atoms with Gasteiger partial charge in [0.1, 0.15) is 5.75 Å². The Morgan fingerprint density at radius 2 is 1.55 bits per heavy atom. The minimum absolute atomic E-state index is 0.230. The van der Waals surface area contributed by atoms with E-state index in [9.17, 15) is 39.5 Å². The summed E-state index contributed by atoms with van der Waals surface area (Å²) in [5, 5.41) is 0.737. The van der Waals surface area contributed by atoms with Crippen molar-refractivity contribution in [3.8, 4) is 5.75 Å². The largest absolute Gasteiger partial charge is 0.493 e. The second-order valence-electron chi connectivity index (χ2n) is 11.2. The van der Waals surface area contributed by atoms with E-state index in [0.717, 1.165) is 43.2 Å². The summed E-state index contributed by atoms with van der Waals surface area (Å²) in [6.45, 7) is 0.975. The average molecular weight is 655 g/mol. The van der Waals surface area contributed by atoms with Crippen LogP contribution in [0.2, 0.25) is 0 Å². The number of ether oxygens (including phenoxy) is 3. The van der Waals surface area contributed by atoms with Crippen molar-refractivity contribution in [1.29, 1.82) is 0 Å². The van der Waals surface area contributed by atoms with E-state index in [4.69, 9.17) is 9.47 Å². The monoisotopic (exact) mass is 654 g/mol. The molecule has 0 radical (unpaired) electrons. The highest BCUT2D eigenvalue weighted by molar-refractivity contribution is 9.09. The minimum atomic E-state index is -6.73. The van der Waals surface area contributed by atoms with Gasteiger partial charge in [-0.3, -0.25) is 0 Å². The van der Waals surface area contributed by atoms with Crippen LogP contribution in [0.15, 0.2) is 18.2 Å². The molecule has 0 bridgehead atoms. The van der Waals surface area contributed by atoms with Crippen molar-refractivity contribution in [1.82, 2.24) is 0 Å². The summed E-state index contributed by atoms with van der Waals surface area (Å²) < 4.78 is 133. The van der Waals surface area contributed by atoms with Crippen molar-refractivity contribution in [3.63, 3.8) is 0 Å². The highest BCUT2D eigenvalue weighted by atomic mass is 79.9. The van der Waals surface area contributed by atoms with Crippen LogP contribution in [0.25, 0.3) is 0 Å². The first kappa shape index (κ1) is 31.7. The molecule has 2 fully saturated rings. The zero-order chi connectivity index (χ0) is 29.6. The lowest BCUT2D eigenvalue weighted by Gasteiger charge is -2.50. The van der Waals surface area contributed by atoms with Crippen molar-refractivity contribution in [2.45, 2.75) is 88.0 Å². The lowest BCUT2D eigenvalue weighted by molar-refractivity contribution is -0.457. The van der Waals surface area contributed by atoms with Crippen LogP contribution < -0.4 is 4.74 Å². The molecule has 0 amide bonds.